The zero-order valence-electron chi connectivity index (χ0n) is 12.2. The van der Waals surface area contributed by atoms with Crippen LogP contribution in [0, 0.1) is 6.92 Å². The molecule has 1 saturated heterocycles. The summed E-state index contributed by atoms with van der Waals surface area (Å²) in [5, 5.41) is 0. The summed E-state index contributed by atoms with van der Waals surface area (Å²) in [5.74, 6) is 1.86. The number of aromatic nitrogens is 1. The minimum absolute atomic E-state index is 0.326. The molecule has 1 aliphatic heterocycles. The summed E-state index contributed by atoms with van der Waals surface area (Å²) in [5.41, 5.74) is 7.78. The topological polar surface area (TPSA) is 57.4 Å². The monoisotopic (exact) mass is 260 g/mol. The van der Waals surface area contributed by atoms with Crippen LogP contribution in [0.1, 0.15) is 39.0 Å². The third-order valence-corrected chi connectivity index (χ3v) is 3.92. The van der Waals surface area contributed by atoms with Crippen LogP contribution in [-0.2, 0) is 9.31 Å². The van der Waals surface area contributed by atoms with Crippen molar-refractivity contribution in [3.63, 3.8) is 0 Å². The number of hydrogen-bond donors (Lipinski definition) is 1. The molecular formula is C14H21BN2O2. The van der Waals surface area contributed by atoms with Gasteiger partial charge in [0.1, 0.15) is 0 Å². The smallest absolute Gasteiger partial charge is 0.400 e. The van der Waals surface area contributed by atoms with Crippen LogP contribution in [0.2, 0.25) is 0 Å². The fourth-order valence-electron chi connectivity index (χ4n) is 1.86. The van der Waals surface area contributed by atoms with Gasteiger partial charge in [0.25, 0.3) is 0 Å². The van der Waals surface area contributed by atoms with Crippen molar-refractivity contribution in [1.82, 2.24) is 4.98 Å². The maximum atomic E-state index is 5.98. The fraction of sp³-hybridized carbons (Fsp3) is 0.500. The van der Waals surface area contributed by atoms with Crippen LogP contribution in [-0.4, -0.2) is 23.3 Å². The highest BCUT2D eigenvalue weighted by molar-refractivity contribution is 6.52. The lowest BCUT2D eigenvalue weighted by atomic mass is 9.89. The zero-order valence-corrected chi connectivity index (χ0v) is 12.2. The number of nitrogens with zero attached hydrogens (tertiary/aromatic N) is 1. The molecular weight excluding hydrogens is 239 g/mol. The first-order valence-electron chi connectivity index (χ1n) is 6.48. The fourth-order valence-corrected chi connectivity index (χ4v) is 1.86. The summed E-state index contributed by atoms with van der Waals surface area (Å²) in [6.07, 6.45) is 3.60. The molecule has 1 fully saturated rings. The van der Waals surface area contributed by atoms with Crippen molar-refractivity contribution in [3.05, 3.63) is 29.5 Å². The Hall–Kier alpha value is -1.33. The predicted octanol–water partition coefficient (Wildman–Crippen LogP) is 2.62. The van der Waals surface area contributed by atoms with Crippen LogP contribution in [0.3, 0.4) is 0 Å². The van der Waals surface area contributed by atoms with Crippen LogP contribution < -0.4 is 5.73 Å². The third-order valence-electron chi connectivity index (χ3n) is 3.92. The average Bonchev–Trinajstić information content (AvgIpc) is 2.50. The molecule has 0 amide bonds. The molecule has 4 nitrogen and oxygen atoms in total. The van der Waals surface area contributed by atoms with Gasteiger partial charge >= 0.3 is 7.12 Å². The van der Waals surface area contributed by atoms with E-state index in [4.69, 9.17) is 15.0 Å². The highest BCUT2D eigenvalue weighted by Crippen LogP contribution is 2.37. The SMILES string of the molecule is Cc1ccnc(/C=C/B2OC(C)(C)C(C)(C)O2)c1N. The van der Waals surface area contributed by atoms with E-state index in [1.165, 1.54) is 0 Å². The first-order chi connectivity index (χ1) is 8.73. The molecule has 0 spiro atoms. The molecule has 0 unspecified atom stereocenters. The van der Waals surface area contributed by atoms with Crippen molar-refractivity contribution in [2.45, 2.75) is 45.8 Å². The molecule has 0 saturated carbocycles. The minimum atomic E-state index is -0.369. The molecule has 102 valence electrons. The van der Waals surface area contributed by atoms with Gasteiger partial charge < -0.3 is 15.0 Å². The van der Waals surface area contributed by atoms with Crippen molar-refractivity contribution < 1.29 is 9.31 Å². The van der Waals surface area contributed by atoms with Crippen LogP contribution in [0.5, 0.6) is 0 Å². The summed E-state index contributed by atoms with van der Waals surface area (Å²) in [4.78, 5) is 4.25. The molecule has 0 aromatic carbocycles. The van der Waals surface area contributed by atoms with Crippen LogP contribution in [0.4, 0.5) is 5.69 Å². The summed E-state index contributed by atoms with van der Waals surface area (Å²) < 4.78 is 11.8. The maximum absolute atomic E-state index is 5.98. The number of pyridine rings is 1. The van der Waals surface area contributed by atoms with Crippen molar-refractivity contribution in [2.75, 3.05) is 5.73 Å². The Balaban J connectivity index is 2.15. The second-order valence-electron chi connectivity index (χ2n) is 5.91. The first kappa shape index (κ1) is 14.1. The highest BCUT2D eigenvalue weighted by Gasteiger charge is 2.50. The van der Waals surface area contributed by atoms with Crippen LogP contribution >= 0.6 is 0 Å². The van der Waals surface area contributed by atoms with Gasteiger partial charge in [0.05, 0.1) is 22.6 Å². The highest BCUT2D eigenvalue weighted by atomic mass is 16.7. The Kier molecular flexibility index (Phi) is 3.45. The normalized spacial score (nSPS) is 21.2. The Labute approximate surface area is 115 Å². The van der Waals surface area contributed by atoms with E-state index in [9.17, 15) is 0 Å². The standard InChI is InChI=1S/C14H21BN2O2/c1-10-7-9-17-11(12(10)16)6-8-15-18-13(2,3)14(4,5)19-15/h6-9H,16H2,1-5H3/b8-6+. The second kappa shape index (κ2) is 4.65. The van der Waals surface area contributed by atoms with Crippen molar-refractivity contribution in [1.29, 1.82) is 0 Å². The van der Waals surface area contributed by atoms with E-state index in [2.05, 4.69) is 4.98 Å². The van der Waals surface area contributed by atoms with Gasteiger partial charge in [0.15, 0.2) is 0 Å². The van der Waals surface area contributed by atoms with Gasteiger partial charge in [0.2, 0.25) is 0 Å². The van der Waals surface area contributed by atoms with Gasteiger partial charge in [-0.15, -0.1) is 0 Å². The lowest BCUT2D eigenvalue weighted by Crippen LogP contribution is -2.41. The van der Waals surface area contributed by atoms with Crippen molar-refractivity contribution in [2.24, 2.45) is 0 Å². The number of hydrogen-bond acceptors (Lipinski definition) is 4. The van der Waals surface area contributed by atoms with E-state index in [0.29, 0.717) is 5.69 Å². The summed E-state index contributed by atoms with van der Waals surface area (Å²) >= 11 is 0. The summed E-state index contributed by atoms with van der Waals surface area (Å²) in [6, 6.07) is 1.89. The minimum Gasteiger partial charge on any atom is -0.400 e. The molecule has 19 heavy (non-hydrogen) atoms. The lowest BCUT2D eigenvalue weighted by molar-refractivity contribution is 0.00578. The predicted molar refractivity (Wildman–Crippen MR) is 78.5 cm³/mol. The van der Waals surface area contributed by atoms with Gasteiger partial charge in [-0.3, -0.25) is 4.98 Å². The molecule has 0 bridgehead atoms. The Morgan fingerprint density at radius 1 is 1.21 bits per heavy atom. The molecule has 5 heteroatoms. The Bertz CT molecular complexity index is 496. The van der Waals surface area contributed by atoms with E-state index in [1.54, 1.807) is 6.20 Å². The molecule has 2 rings (SSSR count). The van der Waals surface area contributed by atoms with Gasteiger partial charge in [-0.05, 0) is 52.3 Å². The number of anilines is 1. The van der Waals surface area contributed by atoms with E-state index in [1.807, 2.05) is 52.7 Å². The van der Waals surface area contributed by atoms with Crippen LogP contribution in [0.15, 0.2) is 18.2 Å². The molecule has 1 aromatic heterocycles. The zero-order chi connectivity index (χ0) is 14.3. The van der Waals surface area contributed by atoms with Gasteiger partial charge in [-0.2, -0.15) is 0 Å². The van der Waals surface area contributed by atoms with Gasteiger partial charge in [0, 0.05) is 6.20 Å². The van der Waals surface area contributed by atoms with E-state index < -0.39 is 0 Å². The van der Waals surface area contributed by atoms with E-state index in [0.717, 1.165) is 11.3 Å². The Morgan fingerprint density at radius 2 is 1.79 bits per heavy atom. The molecule has 0 atom stereocenters. The Morgan fingerprint density at radius 3 is 2.37 bits per heavy atom. The number of rotatable bonds is 2. The second-order valence-corrected chi connectivity index (χ2v) is 5.91. The van der Waals surface area contributed by atoms with Crippen molar-refractivity contribution >= 4 is 18.9 Å². The lowest BCUT2D eigenvalue weighted by Gasteiger charge is -2.32. The van der Waals surface area contributed by atoms with Gasteiger partial charge in [-0.25, -0.2) is 0 Å². The number of nitrogen functional groups attached to an aromatic ring is 1. The van der Waals surface area contributed by atoms with Crippen LogP contribution in [0.25, 0.3) is 6.08 Å². The summed E-state index contributed by atoms with van der Waals surface area (Å²) in [6.45, 7) is 10.1. The first-order valence-corrected chi connectivity index (χ1v) is 6.48. The maximum Gasteiger partial charge on any atom is 0.487 e. The summed E-state index contributed by atoms with van der Waals surface area (Å²) in [7, 11) is -0.369. The number of aryl methyl sites for hydroxylation is 1. The van der Waals surface area contributed by atoms with E-state index in [-0.39, 0.29) is 18.3 Å². The quantitative estimate of drug-likeness (QED) is 0.830. The molecule has 0 aliphatic carbocycles. The molecule has 1 aromatic rings. The molecule has 2 heterocycles. The molecule has 1 aliphatic rings. The molecule has 2 N–H and O–H groups in total. The van der Waals surface area contributed by atoms with Crippen molar-refractivity contribution in [3.8, 4) is 0 Å². The van der Waals surface area contributed by atoms with Gasteiger partial charge in [-0.1, -0.05) is 5.98 Å². The number of nitrogens with two attached hydrogens (primary N) is 1. The molecule has 0 radical (unpaired) electrons. The van der Waals surface area contributed by atoms with E-state index >= 15 is 0 Å². The largest absolute Gasteiger partial charge is 0.487 e. The third kappa shape index (κ3) is 2.67. The average molecular weight is 260 g/mol.